The molecule has 1 aromatic carbocycles. The Balaban J connectivity index is 2.80. The van der Waals surface area contributed by atoms with E-state index in [-0.39, 0.29) is 11.7 Å². The van der Waals surface area contributed by atoms with E-state index >= 15 is 0 Å². The SMILES string of the molecule is CC(C)NC(=S)c1ccc([N+](=O)[O-])cc1. The first-order chi connectivity index (χ1) is 7.00. The van der Waals surface area contributed by atoms with Gasteiger partial charge in [-0.2, -0.15) is 0 Å². The molecule has 0 saturated carbocycles. The number of hydrogen-bond acceptors (Lipinski definition) is 3. The van der Waals surface area contributed by atoms with Gasteiger partial charge in [0.1, 0.15) is 4.99 Å². The van der Waals surface area contributed by atoms with Crippen LogP contribution in [0.5, 0.6) is 0 Å². The average molecular weight is 224 g/mol. The first-order valence-corrected chi connectivity index (χ1v) is 4.97. The lowest BCUT2D eigenvalue weighted by Crippen LogP contribution is -2.29. The van der Waals surface area contributed by atoms with Gasteiger partial charge in [-0.1, -0.05) is 12.2 Å². The molecule has 0 fully saturated rings. The Morgan fingerprint density at radius 3 is 2.33 bits per heavy atom. The van der Waals surface area contributed by atoms with Crippen LogP contribution in [-0.2, 0) is 0 Å². The molecule has 15 heavy (non-hydrogen) atoms. The summed E-state index contributed by atoms with van der Waals surface area (Å²) in [7, 11) is 0. The van der Waals surface area contributed by atoms with Crippen molar-refractivity contribution in [1.29, 1.82) is 0 Å². The van der Waals surface area contributed by atoms with Crippen molar-refractivity contribution in [1.82, 2.24) is 5.32 Å². The van der Waals surface area contributed by atoms with Gasteiger partial charge in [0.05, 0.1) is 4.92 Å². The Hall–Kier alpha value is -1.49. The highest BCUT2D eigenvalue weighted by Gasteiger charge is 2.06. The molecule has 0 atom stereocenters. The van der Waals surface area contributed by atoms with E-state index in [1.807, 2.05) is 13.8 Å². The van der Waals surface area contributed by atoms with Crippen LogP contribution in [-0.4, -0.2) is 16.0 Å². The smallest absolute Gasteiger partial charge is 0.269 e. The van der Waals surface area contributed by atoms with Gasteiger partial charge in [-0.3, -0.25) is 10.1 Å². The van der Waals surface area contributed by atoms with Gasteiger partial charge < -0.3 is 5.32 Å². The molecule has 0 heterocycles. The molecule has 0 aliphatic carbocycles. The Kier molecular flexibility index (Phi) is 3.74. The summed E-state index contributed by atoms with van der Waals surface area (Å²) < 4.78 is 0. The average Bonchev–Trinajstić information content (AvgIpc) is 2.17. The number of benzene rings is 1. The quantitative estimate of drug-likeness (QED) is 0.486. The van der Waals surface area contributed by atoms with E-state index in [2.05, 4.69) is 5.32 Å². The van der Waals surface area contributed by atoms with Gasteiger partial charge in [-0.05, 0) is 26.0 Å². The van der Waals surface area contributed by atoms with Gasteiger partial charge in [0.15, 0.2) is 0 Å². The third-order valence-corrected chi connectivity index (χ3v) is 2.11. The second-order valence-electron chi connectivity index (χ2n) is 3.43. The molecule has 0 saturated heterocycles. The number of nitro groups is 1. The van der Waals surface area contributed by atoms with Crippen LogP contribution in [0.15, 0.2) is 24.3 Å². The zero-order chi connectivity index (χ0) is 11.4. The van der Waals surface area contributed by atoms with Gasteiger partial charge in [0, 0.05) is 23.7 Å². The van der Waals surface area contributed by atoms with E-state index < -0.39 is 4.92 Å². The van der Waals surface area contributed by atoms with E-state index in [0.29, 0.717) is 4.99 Å². The van der Waals surface area contributed by atoms with Crippen LogP contribution in [0.25, 0.3) is 0 Å². The van der Waals surface area contributed by atoms with Crippen LogP contribution >= 0.6 is 12.2 Å². The Bertz CT molecular complexity index is 374. The van der Waals surface area contributed by atoms with Gasteiger partial charge in [0.25, 0.3) is 5.69 Å². The molecule has 0 aliphatic rings. The number of nitrogens with zero attached hydrogens (tertiary/aromatic N) is 1. The largest absolute Gasteiger partial charge is 0.374 e. The van der Waals surface area contributed by atoms with E-state index in [4.69, 9.17) is 12.2 Å². The van der Waals surface area contributed by atoms with Gasteiger partial charge >= 0.3 is 0 Å². The molecule has 0 aromatic heterocycles. The molecule has 0 radical (unpaired) electrons. The number of nitrogens with one attached hydrogen (secondary N) is 1. The molecule has 0 unspecified atom stereocenters. The molecular weight excluding hydrogens is 212 g/mol. The molecule has 80 valence electrons. The molecule has 4 nitrogen and oxygen atoms in total. The molecule has 1 N–H and O–H groups in total. The molecule has 1 aromatic rings. The van der Waals surface area contributed by atoms with Gasteiger partial charge in [-0.15, -0.1) is 0 Å². The van der Waals surface area contributed by atoms with Crippen molar-refractivity contribution in [2.45, 2.75) is 19.9 Å². The Morgan fingerprint density at radius 2 is 1.93 bits per heavy atom. The van der Waals surface area contributed by atoms with E-state index in [1.54, 1.807) is 12.1 Å². The third-order valence-electron chi connectivity index (χ3n) is 1.76. The molecule has 0 amide bonds. The molecule has 0 bridgehead atoms. The van der Waals surface area contributed by atoms with Crippen LogP contribution in [0, 0.1) is 10.1 Å². The minimum atomic E-state index is -0.428. The predicted octanol–water partition coefficient (Wildman–Crippen LogP) is 2.27. The number of thiocarbonyl (C=S) groups is 1. The fourth-order valence-corrected chi connectivity index (χ4v) is 1.45. The van der Waals surface area contributed by atoms with Crippen LogP contribution in [0.3, 0.4) is 0 Å². The van der Waals surface area contributed by atoms with E-state index in [1.165, 1.54) is 12.1 Å². The highest BCUT2D eigenvalue weighted by molar-refractivity contribution is 7.80. The summed E-state index contributed by atoms with van der Waals surface area (Å²) in [6, 6.07) is 6.45. The normalized spacial score (nSPS) is 10.1. The van der Waals surface area contributed by atoms with E-state index in [9.17, 15) is 10.1 Å². The second-order valence-corrected chi connectivity index (χ2v) is 3.84. The third kappa shape index (κ3) is 3.28. The zero-order valence-corrected chi connectivity index (χ0v) is 9.38. The fraction of sp³-hybridized carbons (Fsp3) is 0.300. The summed E-state index contributed by atoms with van der Waals surface area (Å²) in [6.45, 7) is 3.97. The van der Waals surface area contributed by atoms with Crippen LogP contribution < -0.4 is 5.32 Å². The zero-order valence-electron chi connectivity index (χ0n) is 8.56. The summed E-state index contributed by atoms with van der Waals surface area (Å²) in [5.41, 5.74) is 0.871. The standard InChI is InChI=1S/C10H12N2O2S/c1-7(2)11-10(15)8-3-5-9(6-4-8)12(13)14/h3-7H,1-2H3,(H,11,15). The maximum absolute atomic E-state index is 10.4. The summed E-state index contributed by atoms with van der Waals surface area (Å²) in [5.74, 6) is 0. The molecule has 5 heteroatoms. The lowest BCUT2D eigenvalue weighted by Gasteiger charge is -2.10. The van der Waals surface area contributed by atoms with Crippen molar-refractivity contribution in [3.05, 3.63) is 39.9 Å². The van der Waals surface area contributed by atoms with Crippen LogP contribution in [0.1, 0.15) is 19.4 Å². The minimum absolute atomic E-state index is 0.0751. The van der Waals surface area contributed by atoms with Crippen molar-refractivity contribution < 1.29 is 4.92 Å². The Morgan fingerprint density at radius 1 is 1.40 bits per heavy atom. The minimum Gasteiger partial charge on any atom is -0.374 e. The lowest BCUT2D eigenvalue weighted by atomic mass is 10.2. The topological polar surface area (TPSA) is 55.2 Å². The van der Waals surface area contributed by atoms with Gasteiger partial charge in [-0.25, -0.2) is 0 Å². The second kappa shape index (κ2) is 4.84. The Labute approximate surface area is 93.5 Å². The molecule has 1 rings (SSSR count). The summed E-state index contributed by atoms with van der Waals surface area (Å²) in [6.07, 6.45) is 0. The van der Waals surface area contributed by atoms with Crippen molar-refractivity contribution in [2.75, 3.05) is 0 Å². The van der Waals surface area contributed by atoms with E-state index in [0.717, 1.165) is 5.56 Å². The van der Waals surface area contributed by atoms with Crippen molar-refractivity contribution >= 4 is 22.9 Å². The molecule has 0 spiro atoms. The lowest BCUT2D eigenvalue weighted by molar-refractivity contribution is -0.384. The maximum atomic E-state index is 10.4. The maximum Gasteiger partial charge on any atom is 0.269 e. The molecular formula is C10H12N2O2S. The van der Waals surface area contributed by atoms with Crippen molar-refractivity contribution in [3.8, 4) is 0 Å². The summed E-state index contributed by atoms with van der Waals surface area (Å²) in [4.78, 5) is 10.6. The number of non-ortho nitro benzene ring substituents is 1. The first kappa shape index (κ1) is 11.6. The number of nitro benzene ring substituents is 1. The fourth-order valence-electron chi connectivity index (χ4n) is 1.08. The monoisotopic (exact) mass is 224 g/mol. The van der Waals surface area contributed by atoms with Crippen LogP contribution in [0.2, 0.25) is 0 Å². The van der Waals surface area contributed by atoms with Gasteiger partial charge in [0.2, 0.25) is 0 Å². The van der Waals surface area contributed by atoms with Crippen molar-refractivity contribution in [3.63, 3.8) is 0 Å². The number of rotatable bonds is 3. The molecule has 0 aliphatic heterocycles. The predicted molar refractivity (Wildman–Crippen MR) is 63.1 cm³/mol. The first-order valence-electron chi connectivity index (χ1n) is 4.56. The highest BCUT2D eigenvalue weighted by atomic mass is 32.1. The summed E-state index contributed by atoms with van der Waals surface area (Å²) >= 11 is 5.12. The number of hydrogen-bond donors (Lipinski definition) is 1. The highest BCUT2D eigenvalue weighted by Crippen LogP contribution is 2.12. The van der Waals surface area contributed by atoms with Crippen molar-refractivity contribution in [2.24, 2.45) is 0 Å². The summed E-state index contributed by atoms with van der Waals surface area (Å²) in [5, 5.41) is 13.5. The van der Waals surface area contributed by atoms with Crippen LogP contribution in [0.4, 0.5) is 5.69 Å².